The van der Waals surface area contributed by atoms with Crippen LogP contribution < -0.4 is 20.5 Å². The summed E-state index contributed by atoms with van der Waals surface area (Å²) < 4.78 is 33.2. The molecule has 2 aromatic rings. The van der Waals surface area contributed by atoms with Gasteiger partial charge in [0.15, 0.2) is 0 Å². The maximum absolute atomic E-state index is 11.6. The van der Waals surface area contributed by atoms with E-state index in [9.17, 15) is 13.2 Å². The molecule has 0 aromatic heterocycles. The minimum absolute atomic E-state index is 0.0804. The predicted molar refractivity (Wildman–Crippen MR) is 122 cm³/mol. The lowest BCUT2D eigenvalue weighted by atomic mass is 10.2. The van der Waals surface area contributed by atoms with E-state index in [-0.39, 0.29) is 4.90 Å². The van der Waals surface area contributed by atoms with Gasteiger partial charge in [-0.1, -0.05) is 22.0 Å². The lowest BCUT2D eigenvalue weighted by Gasteiger charge is -2.12. The average Bonchev–Trinajstić information content (AvgIpc) is 3.22. The van der Waals surface area contributed by atoms with Gasteiger partial charge in [-0.3, -0.25) is 5.32 Å². The second kappa shape index (κ2) is 11.7. The molecule has 1 atom stereocenters. The van der Waals surface area contributed by atoms with E-state index in [1.165, 1.54) is 6.07 Å². The third-order valence-electron chi connectivity index (χ3n) is 4.09. The van der Waals surface area contributed by atoms with Crippen molar-refractivity contribution in [3.63, 3.8) is 0 Å². The first-order chi connectivity index (χ1) is 14.2. The number of halogens is 2. The first-order valence-corrected chi connectivity index (χ1v) is 12.1. The van der Waals surface area contributed by atoms with Crippen molar-refractivity contribution in [3.8, 4) is 5.75 Å². The second-order valence-electron chi connectivity index (χ2n) is 6.37. The number of primary sulfonamides is 1. The van der Waals surface area contributed by atoms with Crippen molar-refractivity contribution in [2.45, 2.75) is 23.8 Å². The van der Waals surface area contributed by atoms with E-state index in [2.05, 4.69) is 42.5 Å². The zero-order valence-electron chi connectivity index (χ0n) is 16.2. The van der Waals surface area contributed by atoms with Gasteiger partial charge in [-0.25, -0.2) is 18.4 Å². The van der Waals surface area contributed by atoms with E-state index in [0.717, 1.165) is 19.4 Å². The van der Waals surface area contributed by atoms with Crippen LogP contribution in [0.3, 0.4) is 0 Å². The first kappa shape index (κ1) is 24.6. The number of methoxy groups -OCH3 is 1. The molecule has 0 radical (unpaired) electrons. The number of ether oxygens (including phenoxy) is 2. The van der Waals surface area contributed by atoms with Crippen LogP contribution in [-0.4, -0.2) is 40.8 Å². The number of rotatable bonds is 5. The lowest BCUT2D eigenvalue weighted by Crippen LogP contribution is -2.29. The molecule has 1 aliphatic rings. The van der Waals surface area contributed by atoms with Crippen molar-refractivity contribution in [2.75, 3.05) is 25.6 Å². The largest absolute Gasteiger partial charge is 0.497 e. The van der Waals surface area contributed by atoms with E-state index >= 15 is 0 Å². The molecule has 0 spiro atoms. The first-order valence-electron chi connectivity index (χ1n) is 8.98. The minimum atomic E-state index is -3.63. The van der Waals surface area contributed by atoms with Crippen LogP contribution in [0.1, 0.15) is 12.8 Å². The summed E-state index contributed by atoms with van der Waals surface area (Å²) in [7, 11) is -2.05. The fourth-order valence-corrected chi connectivity index (χ4v) is 4.69. The van der Waals surface area contributed by atoms with E-state index in [4.69, 9.17) is 14.6 Å². The standard InChI is InChI=1S/C13H18N2O3.C6H5Br2NO2S/c1-17-12-6-2-4-10(8-12)15-13(16)18-9-11-5-3-7-14-11;7-4-1-2-5(8)6(3-4)12(9,10)11/h2,4,6,8,11,14H,3,5,7,9H2,1H3,(H,15,16);1-3H,(H2,9,10,11)/t11-;/m1./s1. The van der Waals surface area contributed by atoms with Crippen LogP contribution in [0.25, 0.3) is 0 Å². The highest BCUT2D eigenvalue weighted by molar-refractivity contribution is 9.11. The van der Waals surface area contributed by atoms with Gasteiger partial charge in [0.1, 0.15) is 12.4 Å². The van der Waals surface area contributed by atoms with Crippen LogP contribution in [0, 0.1) is 0 Å². The molecular weight excluding hydrogens is 542 g/mol. The summed E-state index contributed by atoms with van der Waals surface area (Å²) in [5.74, 6) is 0.699. The van der Waals surface area contributed by atoms with E-state index in [0.29, 0.717) is 33.0 Å². The third-order valence-corrected chi connectivity index (χ3v) is 6.49. The molecule has 0 bridgehead atoms. The Morgan fingerprint density at radius 2 is 2.03 bits per heavy atom. The van der Waals surface area contributed by atoms with Crippen LogP contribution >= 0.6 is 31.9 Å². The molecule has 1 saturated heterocycles. The molecule has 0 unspecified atom stereocenters. The normalized spacial score (nSPS) is 15.7. The predicted octanol–water partition coefficient (Wildman–Crippen LogP) is 3.85. The quantitative estimate of drug-likeness (QED) is 0.507. The lowest BCUT2D eigenvalue weighted by molar-refractivity contribution is 0.151. The highest BCUT2D eigenvalue weighted by Crippen LogP contribution is 2.24. The van der Waals surface area contributed by atoms with Gasteiger partial charge >= 0.3 is 6.09 Å². The smallest absolute Gasteiger partial charge is 0.411 e. The highest BCUT2D eigenvalue weighted by atomic mass is 79.9. The third kappa shape index (κ3) is 8.23. The summed E-state index contributed by atoms with van der Waals surface area (Å²) >= 11 is 6.23. The number of anilines is 1. The fourth-order valence-electron chi connectivity index (χ4n) is 2.63. The van der Waals surface area contributed by atoms with Crippen LogP contribution in [-0.2, 0) is 14.8 Å². The number of nitrogens with one attached hydrogen (secondary N) is 2. The van der Waals surface area contributed by atoms with Crippen LogP contribution in [0.4, 0.5) is 10.5 Å². The molecule has 11 heteroatoms. The zero-order chi connectivity index (χ0) is 22.1. The summed E-state index contributed by atoms with van der Waals surface area (Å²) in [6.45, 7) is 1.42. The monoisotopic (exact) mass is 563 g/mol. The maximum Gasteiger partial charge on any atom is 0.411 e. The molecule has 1 amide bonds. The Bertz CT molecular complexity index is 966. The van der Waals surface area contributed by atoms with Crippen LogP contribution in [0.5, 0.6) is 5.75 Å². The molecule has 1 heterocycles. The topological polar surface area (TPSA) is 120 Å². The van der Waals surface area contributed by atoms with Gasteiger partial charge in [-0.05, 0) is 65.6 Å². The van der Waals surface area contributed by atoms with E-state index in [1.807, 2.05) is 12.1 Å². The Morgan fingerprint density at radius 1 is 1.27 bits per heavy atom. The van der Waals surface area contributed by atoms with Gasteiger partial charge in [0.05, 0.1) is 12.0 Å². The van der Waals surface area contributed by atoms with E-state index < -0.39 is 16.1 Å². The number of benzene rings is 2. The molecule has 8 nitrogen and oxygen atoms in total. The van der Waals surface area contributed by atoms with Crippen molar-refractivity contribution in [1.82, 2.24) is 5.32 Å². The van der Waals surface area contributed by atoms with Crippen molar-refractivity contribution >= 4 is 53.7 Å². The molecular formula is C19H23Br2N3O5S. The fraction of sp³-hybridized carbons (Fsp3) is 0.316. The molecule has 2 aromatic carbocycles. The van der Waals surface area contributed by atoms with Gasteiger partial charge in [-0.2, -0.15) is 0 Å². The molecule has 0 aliphatic carbocycles. The number of amides is 1. The van der Waals surface area contributed by atoms with E-state index in [1.54, 1.807) is 31.4 Å². The molecule has 1 aliphatic heterocycles. The Hall–Kier alpha value is -1.66. The number of hydrogen-bond acceptors (Lipinski definition) is 6. The molecule has 3 rings (SSSR count). The number of hydrogen-bond donors (Lipinski definition) is 3. The summed E-state index contributed by atoms with van der Waals surface area (Å²) in [5.41, 5.74) is 0.665. The van der Waals surface area contributed by atoms with Gasteiger partial charge in [0, 0.05) is 26.7 Å². The molecule has 164 valence electrons. The van der Waals surface area contributed by atoms with Crippen LogP contribution in [0.2, 0.25) is 0 Å². The SMILES string of the molecule is COc1cccc(NC(=O)OC[C@H]2CCCN2)c1.NS(=O)(=O)c1cc(Br)ccc1Br. The number of carbonyl (C=O) groups excluding carboxylic acids is 1. The van der Waals surface area contributed by atoms with Gasteiger partial charge in [-0.15, -0.1) is 0 Å². The number of nitrogens with two attached hydrogens (primary N) is 1. The summed E-state index contributed by atoms with van der Waals surface area (Å²) in [6, 6.07) is 12.2. The second-order valence-corrected chi connectivity index (χ2v) is 9.67. The molecule has 0 saturated carbocycles. The van der Waals surface area contributed by atoms with Gasteiger partial charge < -0.3 is 14.8 Å². The van der Waals surface area contributed by atoms with Crippen LogP contribution in [0.15, 0.2) is 56.3 Å². The summed E-state index contributed by atoms with van der Waals surface area (Å²) in [5, 5.41) is 10.9. The maximum atomic E-state index is 11.6. The van der Waals surface area contributed by atoms with Gasteiger partial charge in [0.25, 0.3) is 0 Å². The van der Waals surface area contributed by atoms with Crippen molar-refractivity contribution < 1.29 is 22.7 Å². The minimum Gasteiger partial charge on any atom is -0.497 e. The molecule has 1 fully saturated rings. The number of carbonyl (C=O) groups is 1. The number of sulfonamides is 1. The zero-order valence-corrected chi connectivity index (χ0v) is 20.2. The highest BCUT2D eigenvalue weighted by Gasteiger charge is 2.16. The Kier molecular flexibility index (Phi) is 9.56. The Balaban J connectivity index is 0.000000232. The summed E-state index contributed by atoms with van der Waals surface area (Å²) in [6.07, 6.45) is 1.77. The molecule has 4 N–H and O–H groups in total. The Morgan fingerprint density at radius 3 is 2.63 bits per heavy atom. The summed E-state index contributed by atoms with van der Waals surface area (Å²) in [4.78, 5) is 11.6. The van der Waals surface area contributed by atoms with Crippen molar-refractivity contribution in [3.05, 3.63) is 51.4 Å². The van der Waals surface area contributed by atoms with Crippen molar-refractivity contribution in [2.24, 2.45) is 5.14 Å². The Labute approximate surface area is 192 Å². The van der Waals surface area contributed by atoms with Crippen molar-refractivity contribution in [1.29, 1.82) is 0 Å². The molecule has 30 heavy (non-hydrogen) atoms. The average molecular weight is 565 g/mol. The van der Waals surface area contributed by atoms with Gasteiger partial charge in [0.2, 0.25) is 10.0 Å².